The van der Waals surface area contributed by atoms with Crippen molar-refractivity contribution in [2.45, 2.75) is 51.2 Å². The minimum atomic E-state index is -0.273. The molecule has 214 valence electrons. The number of benzene rings is 2. The Kier molecular flexibility index (Phi) is 7.00. The molecule has 0 N–H and O–H groups in total. The normalized spacial score (nSPS) is 22.0. The first-order valence-corrected chi connectivity index (χ1v) is 15.2. The van der Waals surface area contributed by atoms with Crippen molar-refractivity contribution >= 4 is 45.8 Å². The smallest absolute Gasteiger partial charge is 0.340 e. The maximum atomic E-state index is 12.4. The lowest BCUT2D eigenvalue weighted by molar-refractivity contribution is 0.0403. The summed E-state index contributed by atoms with van der Waals surface area (Å²) in [5.41, 5.74) is 5.26. The lowest BCUT2D eigenvalue weighted by atomic mass is 10.0. The molecular weight excluding hydrogens is 561 g/mol. The molecule has 7 nitrogen and oxygen atoms in total. The number of carbonyl (C=O) groups excluding carboxylic acids is 1. The molecule has 1 aliphatic heterocycles. The summed E-state index contributed by atoms with van der Waals surface area (Å²) in [7, 11) is 1.98. The highest BCUT2D eigenvalue weighted by atomic mass is 35.5. The van der Waals surface area contributed by atoms with Gasteiger partial charge in [-0.1, -0.05) is 34.4 Å². The molecule has 3 aliphatic rings. The van der Waals surface area contributed by atoms with E-state index in [1.165, 1.54) is 5.69 Å². The molecule has 2 aliphatic carbocycles. The highest BCUT2D eigenvalue weighted by Gasteiger charge is 2.42. The Morgan fingerprint density at radius 3 is 2.51 bits per heavy atom. The van der Waals surface area contributed by atoms with E-state index in [1.807, 2.05) is 42.9 Å². The van der Waals surface area contributed by atoms with E-state index in [0.29, 0.717) is 57.8 Å². The SMILES string of the molecule is CCOC(=O)c1cn(C)c2cc(N3C[C@H]4CC(OCc5c(-c6c(Cl)cccc6Cl)noc5C5CC5)C[C@H]4C3)ccc12. The zero-order valence-corrected chi connectivity index (χ0v) is 24.8. The number of halogens is 2. The van der Waals surface area contributed by atoms with E-state index >= 15 is 0 Å². The second-order valence-electron chi connectivity index (χ2n) is 11.7. The quantitative estimate of drug-likeness (QED) is 0.196. The van der Waals surface area contributed by atoms with Crippen LogP contribution in [0.2, 0.25) is 10.0 Å². The van der Waals surface area contributed by atoms with Crippen molar-refractivity contribution in [2.24, 2.45) is 18.9 Å². The third-order valence-electron chi connectivity index (χ3n) is 8.97. The lowest BCUT2D eigenvalue weighted by Gasteiger charge is -2.22. The summed E-state index contributed by atoms with van der Waals surface area (Å²) < 4.78 is 19.6. The zero-order chi connectivity index (χ0) is 28.2. The van der Waals surface area contributed by atoms with Gasteiger partial charge in [0.15, 0.2) is 0 Å². The van der Waals surface area contributed by atoms with Gasteiger partial charge in [-0.05, 0) is 74.8 Å². The molecule has 2 aromatic heterocycles. The van der Waals surface area contributed by atoms with Gasteiger partial charge in [0, 0.05) is 54.5 Å². The molecule has 3 fully saturated rings. The van der Waals surface area contributed by atoms with Crippen molar-refractivity contribution in [1.82, 2.24) is 9.72 Å². The van der Waals surface area contributed by atoms with Crippen LogP contribution in [0.4, 0.5) is 5.69 Å². The second kappa shape index (κ2) is 10.7. The monoisotopic (exact) mass is 593 g/mol. The maximum Gasteiger partial charge on any atom is 0.340 e. The van der Waals surface area contributed by atoms with Crippen LogP contribution in [-0.4, -0.2) is 41.5 Å². The Balaban J connectivity index is 1.03. The van der Waals surface area contributed by atoms with Crippen LogP contribution >= 0.6 is 23.2 Å². The molecule has 7 rings (SSSR count). The molecule has 4 aromatic rings. The van der Waals surface area contributed by atoms with Crippen molar-refractivity contribution < 1.29 is 18.8 Å². The number of rotatable bonds is 8. The van der Waals surface area contributed by atoms with Crippen LogP contribution in [0.25, 0.3) is 22.2 Å². The average molecular weight is 595 g/mol. The summed E-state index contributed by atoms with van der Waals surface area (Å²) in [6, 6.07) is 11.9. The summed E-state index contributed by atoms with van der Waals surface area (Å²) in [6.45, 7) is 4.66. The first kappa shape index (κ1) is 26.9. The number of aryl methyl sites for hydroxylation is 1. The van der Waals surface area contributed by atoms with Crippen LogP contribution in [-0.2, 0) is 23.1 Å². The van der Waals surface area contributed by atoms with Gasteiger partial charge in [0.1, 0.15) is 11.5 Å². The predicted octanol–water partition coefficient (Wildman–Crippen LogP) is 7.63. The van der Waals surface area contributed by atoms with Crippen LogP contribution in [0, 0.1) is 11.8 Å². The summed E-state index contributed by atoms with van der Waals surface area (Å²) >= 11 is 13.1. The highest BCUT2D eigenvalue weighted by Crippen LogP contribution is 2.47. The first-order valence-electron chi connectivity index (χ1n) is 14.5. The van der Waals surface area contributed by atoms with Gasteiger partial charge in [0.05, 0.1) is 40.4 Å². The fourth-order valence-electron chi connectivity index (χ4n) is 6.78. The Morgan fingerprint density at radius 2 is 1.83 bits per heavy atom. The predicted molar refractivity (Wildman–Crippen MR) is 160 cm³/mol. The van der Waals surface area contributed by atoms with Crippen LogP contribution in [0.15, 0.2) is 47.1 Å². The molecule has 0 amide bonds. The number of fused-ring (bicyclic) bond motifs is 2. The lowest BCUT2D eigenvalue weighted by Crippen LogP contribution is -2.23. The molecule has 0 radical (unpaired) electrons. The van der Waals surface area contributed by atoms with Crippen LogP contribution < -0.4 is 4.90 Å². The van der Waals surface area contributed by atoms with Crippen LogP contribution in [0.3, 0.4) is 0 Å². The third kappa shape index (κ3) is 4.92. The van der Waals surface area contributed by atoms with E-state index in [9.17, 15) is 4.79 Å². The molecule has 1 saturated heterocycles. The van der Waals surface area contributed by atoms with Gasteiger partial charge >= 0.3 is 5.97 Å². The van der Waals surface area contributed by atoms with Crippen molar-refractivity contribution in [3.63, 3.8) is 0 Å². The minimum Gasteiger partial charge on any atom is -0.462 e. The molecule has 1 unspecified atom stereocenters. The number of hydrogen-bond acceptors (Lipinski definition) is 6. The topological polar surface area (TPSA) is 69.7 Å². The number of nitrogens with zero attached hydrogens (tertiary/aromatic N) is 3. The molecule has 41 heavy (non-hydrogen) atoms. The van der Waals surface area contributed by atoms with E-state index in [-0.39, 0.29) is 12.1 Å². The van der Waals surface area contributed by atoms with E-state index in [1.54, 1.807) is 0 Å². The van der Waals surface area contributed by atoms with E-state index in [4.69, 9.17) is 37.2 Å². The molecular formula is C32H33Cl2N3O4. The Morgan fingerprint density at radius 1 is 1.10 bits per heavy atom. The number of ether oxygens (including phenoxy) is 2. The van der Waals surface area contributed by atoms with Crippen LogP contribution in [0.1, 0.15) is 60.2 Å². The van der Waals surface area contributed by atoms with E-state index < -0.39 is 0 Å². The van der Waals surface area contributed by atoms with Gasteiger partial charge in [0.2, 0.25) is 0 Å². The minimum absolute atomic E-state index is 0.200. The van der Waals surface area contributed by atoms with Gasteiger partial charge < -0.3 is 23.5 Å². The van der Waals surface area contributed by atoms with Gasteiger partial charge in [-0.15, -0.1) is 0 Å². The van der Waals surface area contributed by atoms with Crippen molar-refractivity contribution in [2.75, 3.05) is 24.6 Å². The zero-order valence-electron chi connectivity index (χ0n) is 23.2. The van der Waals surface area contributed by atoms with Crippen molar-refractivity contribution in [3.8, 4) is 11.3 Å². The van der Waals surface area contributed by atoms with Gasteiger partial charge in [-0.2, -0.15) is 0 Å². The summed E-state index contributed by atoms with van der Waals surface area (Å²) in [4.78, 5) is 14.9. The Bertz CT molecular complexity index is 1590. The van der Waals surface area contributed by atoms with E-state index in [0.717, 1.165) is 61.0 Å². The Hall–Kier alpha value is -3.00. The van der Waals surface area contributed by atoms with Gasteiger partial charge in [-0.3, -0.25) is 0 Å². The van der Waals surface area contributed by atoms with E-state index in [2.05, 4.69) is 28.3 Å². The molecule has 0 spiro atoms. The summed E-state index contributed by atoms with van der Waals surface area (Å²) in [5.74, 6) is 2.22. The largest absolute Gasteiger partial charge is 0.462 e. The number of carbonyl (C=O) groups is 1. The maximum absolute atomic E-state index is 12.4. The Labute approximate surface area is 249 Å². The molecule has 9 heteroatoms. The number of anilines is 1. The molecule has 0 bridgehead atoms. The standard InChI is InChI=1S/C32H33Cl2N3O4/c1-3-39-32(38)24-16-36(2)28-13-21(9-10-23(24)28)37-14-19-11-22(12-20(19)15-37)40-17-25-30(35-41-31(25)18-7-8-18)29-26(33)5-4-6-27(29)34/h4-6,9-10,13,16,18-20,22H,3,7-8,11-12,14-15,17H2,1-2H3/t19-,20+,22?. The fraction of sp³-hybridized carbons (Fsp3) is 0.438. The number of aromatic nitrogens is 2. The number of hydrogen-bond donors (Lipinski definition) is 0. The fourth-order valence-corrected chi connectivity index (χ4v) is 7.36. The average Bonchev–Trinajstić information content (AvgIpc) is 3.25. The third-order valence-corrected chi connectivity index (χ3v) is 9.60. The van der Waals surface area contributed by atoms with Crippen LogP contribution in [0.5, 0.6) is 0 Å². The van der Waals surface area contributed by atoms with Crippen molar-refractivity contribution in [3.05, 3.63) is 69.5 Å². The summed E-state index contributed by atoms with van der Waals surface area (Å²) in [6.07, 6.45) is 6.35. The molecule has 3 heterocycles. The molecule has 3 atom stereocenters. The summed E-state index contributed by atoms with van der Waals surface area (Å²) in [5, 5.41) is 6.47. The molecule has 2 saturated carbocycles. The first-order chi connectivity index (χ1) is 19.9. The number of esters is 1. The van der Waals surface area contributed by atoms with Crippen molar-refractivity contribution in [1.29, 1.82) is 0 Å². The van der Waals surface area contributed by atoms with Gasteiger partial charge in [0.25, 0.3) is 0 Å². The van der Waals surface area contributed by atoms with Gasteiger partial charge in [-0.25, -0.2) is 4.79 Å². The highest BCUT2D eigenvalue weighted by molar-refractivity contribution is 6.39. The molecule has 2 aromatic carbocycles. The second-order valence-corrected chi connectivity index (χ2v) is 12.5.